The number of halogens is 1. The number of hydrogen-bond donors (Lipinski definition) is 0. The zero-order valence-corrected chi connectivity index (χ0v) is 10.5. The van der Waals surface area contributed by atoms with Crippen molar-refractivity contribution in [1.82, 2.24) is 14.5 Å². The summed E-state index contributed by atoms with van der Waals surface area (Å²) in [5, 5.41) is -0.0829. The second-order valence-corrected chi connectivity index (χ2v) is 6.07. The molecule has 0 saturated heterocycles. The van der Waals surface area contributed by atoms with E-state index in [2.05, 4.69) is 4.98 Å². The average Bonchev–Trinajstić information content (AvgIpc) is 2.42. The van der Waals surface area contributed by atoms with Gasteiger partial charge in [-0.25, -0.2) is 13.4 Å². The Labute approximate surface area is 94.1 Å². The number of aryl methyl sites for hydroxylation is 1. The third-order valence-corrected chi connectivity index (χ3v) is 3.16. The molecular weight excluding hydrogens is 238 g/mol. The molecule has 0 aliphatic carbocycles. The molecule has 1 rings (SSSR count). The maximum absolute atomic E-state index is 11.0. The number of imidazole rings is 1. The summed E-state index contributed by atoms with van der Waals surface area (Å²) in [7, 11) is 5.38. The van der Waals surface area contributed by atoms with Gasteiger partial charge in [-0.2, -0.15) is 0 Å². The Balaban J connectivity index is 2.88. The summed E-state index contributed by atoms with van der Waals surface area (Å²) in [6.45, 7) is 3.26. The number of nitrogens with zero attached hydrogens (tertiary/aromatic N) is 3. The Morgan fingerprint density at radius 1 is 1.53 bits per heavy atom. The van der Waals surface area contributed by atoms with E-state index in [4.69, 9.17) is 10.7 Å². The van der Waals surface area contributed by atoms with Crippen LogP contribution >= 0.6 is 10.7 Å². The minimum absolute atomic E-state index is 0.0829. The first-order valence-corrected chi connectivity index (χ1v) is 6.75. The molecule has 0 fully saturated rings. The molecule has 0 spiro atoms. The molecule has 1 aromatic rings. The molecule has 0 N–H and O–H groups in total. The molecule has 0 radical (unpaired) electrons. The fourth-order valence-corrected chi connectivity index (χ4v) is 1.85. The Morgan fingerprint density at radius 2 is 2.13 bits per heavy atom. The van der Waals surface area contributed by atoms with E-state index in [-0.39, 0.29) is 5.03 Å². The van der Waals surface area contributed by atoms with Gasteiger partial charge in [0.1, 0.15) is 5.82 Å². The molecule has 0 amide bonds. The molecule has 0 aliphatic heterocycles. The molecule has 1 heterocycles. The first-order chi connectivity index (χ1) is 6.80. The highest BCUT2D eigenvalue weighted by Gasteiger charge is 2.15. The highest BCUT2D eigenvalue weighted by molar-refractivity contribution is 8.13. The van der Waals surface area contributed by atoms with Crippen LogP contribution < -0.4 is 0 Å². The van der Waals surface area contributed by atoms with Crippen molar-refractivity contribution in [2.24, 2.45) is 0 Å². The van der Waals surface area contributed by atoms with Crippen LogP contribution in [0.2, 0.25) is 0 Å². The van der Waals surface area contributed by atoms with Crippen molar-refractivity contribution in [1.29, 1.82) is 0 Å². The van der Waals surface area contributed by atoms with Crippen molar-refractivity contribution in [2.45, 2.75) is 18.5 Å². The quantitative estimate of drug-likeness (QED) is 0.739. The molecule has 0 aliphatic rings. The lowest BCUT2D eigenvalue weighted by molar-refractivity contribution is 0.381. The van der Waals surface area contributed by atoms with Gasteiger partial charge < -0.3 is 9.47 Å². The van der Waals surface area contributed by atoms with Crippen molar-refractivity contribution in [3.8, 4) is 0 Å². The summed E-state index contributed by atoms with van der Waals surface area (Å²) in [5.74, 6) is 0.649. The molecule has 1 aromatic heterocycles. The normalized spacial score (nSPS) is 12.3. The molecule has 0 unspecified atom stereocenters. The van der Waals surface area contributed by atoms with Crippen molar-refractivity contribution in [3.63, 3.8) is 0 Å². The molecule has 0 saturated carbocycles. The van der Waals surface area contributed by atoms with Crippen LogP contribution in [0.4, 0.5) is 0 Å². The Kier molecular flexibility index (Phi) is 3.75. The highest BCUT2D eigenvalue weighted by atomic mass is 35.7. The molecule has 0 aromatic carbocycles. The largest absolute Gasteiger partial charge is 0.332 e. The number of likely N-dealkylation sites (N-methyl/N-ethyl adjacent to an activating group) is 1. The van der Waals surface area contributed by atoms with Gasteiger partial charge in [0.2, 0.25) is 0 Å². The second kappa shape index (κ2) is 4.51. The van der Waals surface area contributed by atoms with Gasteiger partial charge in [-0.05, 0) is 21.0 Å². The predicted octanol–water partition coefficient (Wildman–Crippen LogP) is 0.681. The van der Waals surface area contributed by atoms with E-state index in [0.29, 0.717) is 12.4 Å². The lowest BCUT2D eigenvalue weighted by Gasteiger charge is -2.10. The van der Waals surface area contributed by atoms with Gasteiger partial charge in [0, 0.05) is 30.0 Å². The monoisotopic (exact) mass is 251 g/mol. The zero-order valence-electron chi connectivity index (χ0n) is 8.94. The maximum Gasteiger partial charge on any atom is 0.280 e. The topological polar surface area (TPSA) is 55.2 Å². The van der Waals surface area contributed by atoms with Crippen LogP contribution in [-0.2, 0) is 15.6 Å². The molecule has 5 nitrogen and oxygen atoms in total. The van der Waals surface area contributed by atoms with Crippen LogP contribution in [0.1, 0.15) is 5.82 Å². The summed E-state index contributed by atoms with van der Waals surface area (Å²) >= 11 is 0. The van der Waals surface area contributed by atoms with Crippen molar-refractivity contribution in [2.75, 3.05) is 20.6 Å². The summed E-state index contributed by atoms with van der Waals surface area (Å²) < 4.78 is 23.8. The van der Waals surface area contributed by atoms with Gasteiger partial charge in [-0.3, -0.25) is 0 Å². The van der Waals surface area contributed by atoms with Gasteiger partial charge in [0.05, 0.1) is 0 Å². The van der Waals surface area contributed by atoms with Crippen LogP contribution in [0, 0.1) is 6.92 Å². The van der Waals surface area contributed by atoms with Crippen LogP contribution in [0.25, 0.3) is 0 Å². The Bertz CT molecular complexity index is 439. The molecular formula is C8H14ClN3O2S. The van der Waals surface area contributed by atoms with Gasteiger partial charge in [0.15, 0.2) is 5.03 Å². The molecule has 86 valence electrons. The average molecular weight is 252 g/mol. The molecule has 7 heteroatoms. The Hall–Kier alpha value is -0.590. The van der Waals surface area contributed by atoms with Gasteiger partial charge in [-0.15, -0.1) is 0 Å². The van der Waals surface area contributed by atoms with E-state index in [1.54, 1.807) is 11.5 Å². The summed E-state index contributed by atoms with van der Waals surface area (Å²) in [5.41, 5.74) is 0. The SMILES string of the molecule is Cc1nc(S(=O)(=O)Cl)cn1CCN(C)C. The van der Waals surface area contributed by atoms with E-state index >= 15 is 0 Å². The van der Waals surface area contributed by atoms with Crippen molar-refractivity contribution >= 4 is 19.7 Å². The fraction of sp³-hybridized carbons (Fsp3) is 0.625. The van der Waals surface area contributed by atoms with E-state index in [9.17, 15) is 8.42 Å². The smallest absolute Gasteiger partial charge is 0.280 e. The number of rotatable bonds is 4. The summed E-state index contributed by atoms with van der Waals surface area (Å²) in [6, 6.07) is 0. The number of aromatic nitrogens is 2. The molecule has 0 bridgehead atoms. The Morgan fingerprint density at radius 3 is 2.53 bits per heavy atom. The van der Waals surface area contributed by atoms with Crippen molar-refractivity contribution < 1.29 is 8.42 Å². The number of hydrogen-bond acceptors (Lipinski definition) is 4. The van der Waals surface area contributed by atoms with Crippen LogP contribution in [0.5, 0.6) is 0 Å². The van der Waals surface area contributed by atoms with E-state index in [0.717, 1.165) is 6.54 Å². The van der Waals surface area contributed by atoms with Gasteiger partial charge >= 0.3 is 0 Å². The second-order valence-electron chi connectivity index (χ2n) is 3.56. The minimum Gasteiger partial charge on any atom is -0.332 e. The zero-order chi connectivity index (χ0) is 11.6. The lowest BCUT2D eigenvalue weighted by atomic mass is 10.5. The lowest BCUT2D eigenvalue weighted by Crippen LogP contribution is -2.18. The van der Waals surface area contributed by atoms with E-state index in [1.807, 2.05) is 19.0 Å². The minimum atomic E-state index is -3.72. The summed E-state index contributed by atoms with van der Waals surface area (Å²) in [6.07, 6.45) is 1.46. The van der Waals surface area contributed by atoms with Gasteiger partial charge in [-0.1, -0.05) is 0 Å². The third kappa shape index (κ3) is 3.48. The third-order valence-electron chi connectivity index (χ3n) is 1.99. The van der Waals surface area contributed by atoms with E-state index < -0.39 is 9.05 Å². The standard InChI is InChI=1S/C8H14ClN3O2S/c1-7-10-8(15(9,13)14)6-12(7)5-4-11(2)3/h6H,4-5H2,1-3H3. The first-order valence-electron chi connectivity index (χ1n) is 4.44. The van der Waals surface area contributed by atoms with Crippen LogP contribution in [-0.4, -0.2) is 43.5 Å². The fourth-order valence-electron chi connectivity index (χ4n) is 1.13. The van der Waals surface area contributed by atoms with Crippen molar-refractivity contribution in [3.05, 3.63) is 12.0 Å². The molecule has 0 atom stereocenters. The van der Waals surface area contributed by atoms with Gasteiger partial charge in [0.25, 0.3) is 9.05 Å². The van der Waals surface area contributed by atoms with E-state index in [1.165, 1.54) is 6.20 Å². The van der Waals surface area contributed by atoms with Crippen LogP contribution in [0.15, 0.2) is 11.2 Å². The van der Waals surface area contributed by atoms with Crippen LogP contribution in [0.3, 0.4) is 0 Å². The maximum atomic E-state index is 11.0. The summed E-state index contributed by atoms with van der Waals surface area (Å²) in [4.78, 5) is 5.89. The highest BCUT2D eigenvalue weighted by Crippen LogP contribution is 2.13. The first kappa shape index (κ1) is 12.5. The predicted molar refractivity (Wildman–Crippen MR) is 58.6 cm³/mol. The molecule has 15 heavy (non-hydrogen) atoms.